The molecule has 0 saturated carbocycles. The predicted molar refractivity (Wildman–Crippen MR) is 80.8 cm³/mol. The average molecular weight is 356 g/mol. The van der Waals surface area contributed by atoms with Gasteiger partial charge >= 0.3 is 17.1 Å². The summed E-state index contributed by atoms with van der Waals surface area (Å²) in [5.74, 6) is -1.52. The molecule has 2 heterocycles. The molecule has 0 fully saturated rings. The highest BCUT2D eigenvalue weighted by atomic mass is 32.2. The maximum Gasteiger partial charge on any atom is 0.356 e. The van der Waals surface area contributed by atoms with Gasteiger partial charge in [0.1, 0.15) is 0 Å². The fourth-order valence-corrected chi connectivity index (χ4v) is 2.68. The van der Waals surface area contributed by atoms with Gasteiger partial charge in [0.15, 0.2) is 6.61 Å². The lowest BCUT2D eigenvalue weighted by Crippen LogP contribution is -2.23. The number of nitrogens with zero attached hydrogens (tertiary/aromatic N) is 4. The molecule has 10 nitrogen and oxygen atoms in total. The van der Waals surface area contributed by atoms with Gasteiger partial charge in [-0.05, 0) is 13.8 Å². The molecule has 0 radical (unpaired) electrons. The summed E-state index contributed by atoms with van der Waals surface area (Å²) in [6.45, 7) is 3.42. The number of aromatic nitrogens is 4. The maximum absolute atomic E-state index is 12.2. The van der Waals surface area contributed by atoms with E-state index in [0.29, 0.717) is 0 Å². The predicted octanol–water partition coefficient (Wildman–Crippen LogP) is -0.263. The summed E-state index contributed by atoms with van der Waals surface area (Å²) in [6.07, 6.45) is 2.93. The van der Waals surface area contributed by atoms with Crippen LogP contribution in [0.2, 0.25) is 0 Å². The molecule has 0 aromatic carbocycles. The highest BCUT2D eigenvalue weighted by Gasteiger charge is 2.25. The van der Waals surface area contributed by atoms with Gasteiger partial charge in [-0.25, -0.2) is 19.0 Å². The Morgan fingerprint density at radius 2 is 1.92 bits per heavy atom. The molecule has 0 amide bonds. The van der Waals surface area contributed by atoms with Gasteiger partial charge < -0.3 is 18.8 Å². The molecule has 0 saturated heterocycles. The van der Waals surface area contributed by atoms with Crippen LogP contribution in [0.5, 0.6) is 5.88 Å². The Kier molecular flexibility index (Phi) is 6.32. The molecular weight excluding hydrogens is 340 g/mol. The summed E-state index contributed by atoms with van der Waals surface area (Å²) in [4.78, 5) is 26.8. The topological polar surface area (TPSA) is 128 Å². The third-order valence-corrected chi connectivity index (χ3v) is 3.84. The van der Waals surface area contributed by atoms with Gasteiger partial charge in [0, 0.05) is 23.6 Å². The Bertz CT molecular complexity index is 722. The monoisotopic (exact) mass is 356 g/mol. The standard InChI is InChI=1S/C13H16N4O6S/c1-3-21-9(18)7-23-12-11-14-5-6-17(11)13(16-15-12)24(20)8-10(19)22-4-2/h5-6H,3-4,7-8H2,1-2H3. The van der Waals surface area contributed by atoms with Gasteiger partial charge in [0.2, 0.25) is 11.4 Å². The molecule has 1 unspecified atom stereocenters. The zero-order chi connectivity index (χ0) is 17.5. The van der Waals surface area contributed by atoms with E-state index in [0.717, 1.165) is 0 Å². The number of fused-ring (bicyclic) bond motifs is 1. The molecule has 0 aliphatic rings. The first-order chi connectivity index (χ1) is 11.6. The van der Waals surface area contributed by atoms with Crippen molar-refractivity contribution in [2.75, 3.05) is 25.6 Å². The molecule has 0 aliphatic heterocycles. The highest BCUT2D eigenvalue weighted by molar-refractivity contribution is 7.91. The normalized spacial score (nSPS) is 12.0. The van der Waals surface area contributed by atoms with Crippen molar-refractivity contribution in [3.63, 3.8) is 0 Å². The van der Waals surface area contributed by atoms with Crippen molar-refractivity contribution in [3.05, 3.63) is 12.4 Å². The van der Waals surface area contributed by atoms with Crippen LogP contribution in [-0.4, -0.2) is 61.6 Å². The Morgan fingerprint density at radius 1 is 1.21 bits per heavy atom. The first kappa shape index (κ1) is 17.9. The van der Waals surface area contributed by atoms with Crippen LogP contribution in [0, 0.1) is 0 Å². The molecule has 24 heavy (non-hydrogen) atoms. The van der Waals surface area contributed by atoms with Crippen molar-refractivity contribution in [1.29, 1.82) is 0 Å². The van der Waals surface area contributed by atoms with Crippen molar-refractivity contribution in [1.82, 2.24) is 19.6 Å². The minimum absolute atomic E-state index is 0.00932. The lowest BCUT2D eigenvalue weighted by Gasteiger charge is -2.11. The summed E-state index contributed by atoms with van der Waals surface area (Å²) in [7, 11) is 0. The number of hydrogen-bond acceptors (Lipinski definition) is 9. The van der Waals surface area contributed by atoms with E-state index in [2.05, 4.69) is 15.2 Å². The molecule has 2 rings (SSSR count). The highest BCUT2D eigenvalue weighted by Crippen LogP contribution is 2.18. The van der Waals surface area contributed by atoms with Crippen LogP contribution in [0.3, 0.4) is 0 Å². The van der Waals surface area contributed by atoms with Crippen LogP contribution >= 0.6 is 0 Å². The number of hydrogen-bond donors (Lipinski definition) is 0. The number of esters is 2. The lowest BCUT2D eigenvalue weighted by molar-refractivity contribution is -0.145. The largest absolute Gasteiger partial charge is 0.608 e. The summed E-state index contributed by atoms with van der Waals surface area (Å²) < 4.78 is 28.4. The average Bonchev–Trinajstić information content (AvgIpc) is 3.02. The number of carbonyl (C=O) groups is 2. The van der Waals surface area contributed by atoms with E-state index >= 15 is 0 Å². The zero-order valence-electron chi connectivity index (χ0n) is 13.1. The summed E-state index contributed by atoms with van der Waals surface area (Å²) in [6, 6.07) is 0. The lowest BCUT2D eigenvalue weighted by atomic mass is 10.6. The second-order valence-corrected chi connectivity index (χ2v) is 5.64. The van der Waals surface area contributed by atoms with Crippen molar-refractivity contribution >= 4 is 28.8 Å². The third kappa shape index (κ3) is 4.32. The molecule has 0 bridgehead atoms. The second kappa shape index (κ2) is 8.45. The van der Waals surface area contributed by atoms with Gasteiger partial charge in [0.25, 0.3) is 5.88 Å². The molecule has 0 N–H and O–H groups in total. The number of ether oxygens (including phenoxy) is 3. The van der Waals surface area contributed by atoms with Crippen LogP contribution in [0.1, 0.15) is 13.8 Å². The van der Waals surface area contributed by atoms with Crippen LogP contribution in [-0.2, 0) is 30.2 Å². The van der Waals surface area contributed by atoms with Crippen LogP contribution in [0.25, 0.3) is 5.65 Å². The molecular formula is C13H16N4O6S. The molecule has 11 heteroatoms. The zero-order valence-corrected chi connectivity index (χ0v) is 13.9. The van der Waals surface area contributed by atoms with E-state index in [1.807, 2.05) is 0 Å². The molecule has 0 spiro atoms. The van der Waals surface area contributed by atoms with Crippen LogP contribution in [0.4, 0.5) is 0 Å². The quantitative estimate of drug-likeness (QED) is 0.464. The number of imidazole rings is 1. The Balaban J connectivity index is 2.17. The van der Waals surface area contributed by atoms with Crippen molar-refractivity contribution < 1.29 is 28.4 Å². The maximum atomic E-state index is 12.2. The van der Waals surface area contributed by atoms with E-state index in [-0.39, 0.29) is 42.3 Å². The van der Waals surface area contributed by atoms with Gasteiger partial charge in [-0.15, -0.1) is 5.10 Å². The first-order valence-corrected chi connectivity index (χ1v) is 8.40. The minimum atomic E-state index is -1.76. The molecule has 130 valence electrons. The van der Waals surface area contributed by atoms with E-state index in [4.69, 9.17) is 14.2 Å². The van der Waals surface area contributed by atoms with Crippen molar-refractivity contribution in [2.24, 2.45) is 0 Å². The smallest absolute Gasteiger partial charge is 0.356 e. The summed E-state index contributed by atoms with van der Waals surface area (Å²) in [5.41, 5.74) is 0.224. The van der Waals surface area contributed by atoms with E-state index < -0.39 is 23.1 Å². The van der Waals surface area contributed by atoms with Crippen LogP contribution < -0.4 is 4.74 Å². The third-order valence-electron chi connectivity index (χ3n) is 2.65. The SMILES string of the molecule is CCOC(=O)COc1nnc([S+]([O-])CC(=O)OCC)n2ccnc12. The van der Waals surface area contributed by atoms with Gasteiger partial charge in [-0.1, -0.05) is 5.10 Å². The minimum Gasteiger partial charge on any atom is -0.608 e. The van der Waals surface area contributed by atoms with E-state index in [1.165, 1.54) is 16.8 Å². The number of rotatable bonds is 8. The Morgan fingerprint density at radius 3 is 2.62 bits per heavy atom. The van der Waals surface area contributed by atoms with Gasteiger partial charge in [-0.2, -0.15) is 0 Å². The Labute approximate surface area is 140 Å². The summed E-state index contributed by atoms with van der Waals surface area (Å²) in [5, 5.41) is 7.61. The van der Waals surface area contributed by atoms with Crippen LogP contribution in [0.15, 0.2) is 17.6 Å². The fourth-order valence-electron chi connectivity index (χ4n) is 1.75. The number of carbonyl (C=O) groups excluding carboxylic acids is 2. The Hall–Kier alpha value is -2.40. The van der Waals surface area contributed by atoms with Gasteiger partial charge in [0.05, 0.1) is 13.2 Å². The van der Waals surface area contributed by atoms with Crippen molar-refractivity contribution in [2.45, 2.75) is 19.0 Å². The van der Waals surface area contributed by atoms with Crippen molar-refractivity contribution in [3.8, 4) is 5.88 Å². The first-order valence-electron chi connectivity index (χ1n) is 7.09. The molecule has 2 aromatic heterocycles. The molecule has 0 aliphatic carbocycles. The summed E-state index contributed by atoms with van der Waals surface area (Å²) >= 11 is -1.76. The van der Waals surface area contributed by atoms with E-state index in [1.54, 1.807) is 13.8 Å². The van der Waals surface area contributed by atoms with Gasteiger partial charge in [-0.3, -0.25) is 0 Å². The van der Waals surface area contributed by atoms with E-state index in [9.17, 15) is 14.1 Å². The second-order valence-electron chi connectivity index (χ2n) is 4.30. The molecule has 1 atom stereocenters. The molecule has 2 aromatic rings. The fraction of sp³-hybridized carbons (Fsp3) is 0.462.